The lowest BCUT2D eigenvalue weighted by molar-refractivity contribution is -0.115. The summed E-state index contributed by atoms with van der Waals surface area (Å²) in [5.74, 6) is 1.06. The van der Waals surface area contributed by atoms with E-state index in [9.17, 15) is 9.59 Å². The second-order valence-corrected chi connectivity index (χ2v) is 6.54. The fourth-order valence-electron chi connectivity index (χ4n) is 3.45. The molecule has 2 aliphatic rings. The first-order valence-electron chi connectivity index (χ1n) is 7.29. The van der Waals surface area contributed by atoms with E-state index in [0.29, 0.717) is 23.2 Å². The van der Waals surface area contributed by atoms with Gasteiger partial charge in [0.15, 0.2) is 10.8 Å². The molecule has 0 saturated heterocycles. The number of rotatable bonds is 6. The number of hydrogen-bond donors (Lipinski definition) is 2. The number of thiazole rings is 1. The van der Waals surface area contributed by atoms with Crippen LogP contribution in [-0.2, 0) is 14.4 Å². The van der Waals surface area contributed by atoms with Gasteiger partial charge in [-0.3, -0.25) is 9.59 Å². The number of fused-ring (bicyclic) bond motifs is 2. The van der Waals surface area contributed by atoms with Crippen molar-refractivity contribution in [3.05, 3.63) is 11.1 Å². The first-order valence-corrected chi connectivity index (χ1v) is 8.17. The SMILES string of the molecule is CO/N=C(/C(=O)N[C@@H]1C[C@H]2CC[C@@H]1C2)c1csc(NC=O)n1. The summed E-state index contributed by atoms with van der Waals surface area (Å²) in [6.45, 7) is 0. The van der Waals surface area contributed by atoms with E-state index in [-0.39, 0.29) is 17.7 Å². The van der Waals surface area contributed by atoms with Gasteiger partial charge in [0, 0.05) is 11.4 Å². The maximum atomic E-state index is 12.5. The van der Waals surface area contributed by atoms with Gasteiger partial charge < -0.3 is 15.5 Å². The summed E-state index contributed by atoms with van der Waals surface area (Å²) >= 11 is 1.23. The van der Waals surface area contributed by atoms with E-state index in [4.69, 9.17) is 4.84 Å². The summed E-state index contributed by atoms with van der Waals surface area (Å²) in [6, 6.07) is 0.222. The third kappa shape index (κ3) is 2.96. The molecule has 2 bridgehead atoms. The number of oxime groups is 1. The molecule has 0 aliphatic heterocycles. The largest absolute Gasteiger partial charge is 0.398 e. The summed E-state index contributed by atoms with van der Waals surface area (Å²) in [4.78, 5) is 31.9. The van der Waals surface area contributed by atoms with Gasteiger partial charge in [-0.15, -0.1) is 11.3 Å². The van der Waals surface area contributed by atoms with Gasteiger partial charge in [-0.25, -0.2) is 4.98 Å². The predicted molar refractivity (Wildman–Crippen MR) is 82.7 cm³/mol. The maximum absolute atomic E-state index is 12.5. The van der Waals surface area contributed by atoms with Crippen molar-refractivity contribution in [1.82, 2.24) is 10.3 Å². The number of carbonyl (C=O) groups excluding carboxylic acids is 2. The average Bonchev–Trinajstić information content (AvgIpc) is 3.21. The first-order chi connectivity index (χ1) is 10.7. The zero-order valence-electron chi connectivity index (χ0n) is 12.2. The second kappa shape index (κ2) is 6.43. The van der Waals surface area contributed by atoms with Gasteiger partial charge in [-0.05, 0) is 31.1 Å². The van der Waals surface area contributed by atoms with Gasteiger partial charge in [0.1, 0.15) is 12.8 Å². The van der Waals surface area contributed by atoms with E-state index in [2.05, 4.69) is 20.8 Å². The Labute approximate surface area is 132 Å². The number of anilines is 1. The summed E-state index contributed by atoms with van der Waals surface area (Å²) in [5.41, 5.74) is 0.539. The molecule has 2 amide bonds. The molecule has 1 heterocycles. The molecule has 2 fully saturated rings. The lowest BCUT2D eigenvalue weighted by Gasteiger charge is -2.22. The molecule has 2 N–H and O–H groups in total. The van der Waals surface area contributed by atoms with E-state index in [1.165, 1.54) is 37.7 Å². The minimum Gasteiger partial charge on any atom is -0.398 e. The minimum absolute atomic E-state index is 0.139. The van der Waals surface area contributed by atoms with Crippen molar-refractivity contribution in [2.75, 3.05) is 12.4 Å². The van der Waals surface area contributed by atoms with Crippen LogP contribution in [0.4, 0.5) is 5.13 Å². The summed E-state index contributed by atoms with van der Waals surface area (Å²) in [6.07, 6.45) is 5.28. The Morgan fingerprint density at radius 2 is 2.36 bits per heavy atom. The van der Waals surface area contributed by atoms with Gasteiger partial charge in [0.25, 0.3) is 5.91 Å². The Balaban J connectivity index is 1.71. The van der Waals surface area contributed by atoms with E-state index in [1.54, 1.807) is 5.38 Å². The molecule has 118 valence electrons. The van der Waals surface area contributed by atoms with Crippen LogP contribution in [0.25, 0.3) is 0 Å². The first kappa shape index (κ1) is 15.0. The Morgan fingerprint density at radius 3 is 3.00 bits per heavy atom. The minimum atomic E-state index is -0.276. The molecule has 8 heteroatoms. The Kier molecular flexibility index (Phi) is 4.37. The highest BCUT2D eigenvalue weighted by atomic mass is 32.1. The van der Waals surface area contributed by atoms with Gasteiger partial charge >= 0.3 is 0 Å². The highest BCUT2D eigenvalue weighted by Gasteiger charge is 2.40. The van der Waals surface area contributed by atoms with Crippen LogP contribution < -0.4 is 10.6 Å². The van der Waals surface area contributed by atoms with E-state index in [1.807, 2.05) is 0 Å². The van der Waals surface area contributed by atoms with Crippen LogP contribution in [-0.4, -0.2) is 36.2 Å². The zero-order valence-corrected chi connectivity index (χ0v) is 13.1. The molecule has 1 aromatic rings. The Hall–Kier alpha value is -1.96. The fraction of sp³-hybridized carbons (Fsp3) is 0.571. The van der Waals surface area contributed by atoms with Crippen LogP contribution in [0.5, 0.6) is 0 Å². The van der Waals surface area contributed by atoms with Crippen LogP contribution in [0.3, 0.4) is 0 Å². The second-order valence-electron chi connectivity index (χ2n) is 5.68. The van der Waals surface area contributed by atoms with Crippen molar-refractivity contribution in [2.45, 2.75) is 31.7 Å². The van der Waals surface area contributed by atoms with E-state index >= 15 is 0 Å². The number of nitrogens with zero attached hydrogens (tertiary/aromatic N) is 2. The molecule has 7 nitrogen and oxygen atoms in total. The summed E-state index contributed by atoms with van der Waals surface area (Å²) in [7, 11) is 1.39. The van der Waals surface area contributed by atoms with Crippen LogP contribution in [0.15, 0.2) is 10.5 Å². The van der Waals surface area contributed by atoms with Crippen molar-refractivity contribution in [3.63, 3.8) is 0 Å². The van der Waals surface area contributed by atoms with E-state index in [0.717, 1.165) is 12.3 Å². The van der Waals surface area contributed by atoms with Gasteiger partial charge in [-0.2, -0.15) is 0 Å². The smallest absolute Gasteiger partial charge is 0.275 e. The summed E-state index contributed by atoms with van der Waals surface area (Å²) < 4.78 is 0. The molecular formula is C14H18N4O3S. The third-order valence-electron chi connectivity index (χ3n) is 4.38. The molecule has 0 spiro atoms. The lowest BCUT2D eigenvalue weighted by Crippen LogP contribution is -2.42. The van der Waals surface area contributed by atoms with Crippen LogP contribution in [0, 0.1) is 11.8 Å². The molecule has 1 aromatic heterocycles. The number of carbonyl (C=O) groups is 2. The topological polar surface area (TPSA) is 92.7 Å². The lowest BCUT2D eigenvalue weighted by atomic mass is 9.95. The van der Waals surface area contributed by atoms with Crippen LogP contribution in [0.2, 0.25) is 0 Å². The highest BCUT2D eigenvalue weighted by Crippen LogP contribution is 2.44. The Morgan fingerprint density at radius 1 is 1.50 bits per heavy atom. The Bertz CT molecular complexity index is 601. The predicted octanol–water partition coefficient (Wildman–Crippen LogP) is 1.37. The molecule has 0 radical (unpaired) electrons. The van der Waals surface area contributed by atoms with Gasteiger partial charge in [0.2, 0.25) is 6.41 Å². The maximum Gasteiger partial charge on any atom is 0.275 e. The van der Waals surface area contributed by atoms with Gasteiger partial charge in [0.05, 0.1) is 0 Å². The zero-order chi connectivity index (χ0) is 15.5. The van der Waals surface area contributed by atoms with Gasteiger partial charge in [-0.1, -0.05) is 11.6 Å². The molecule has 3 rings (SSSR count). The fourth-order valence-corrected chi connectivity index (χ4v) is 4.11. The molecule has 3 atom stereocenters. The highest BCUT2D eigenvalue weighted by molar-refractivity contribution is 7.14. The molecule has 2 saturated carbocycles. The monoisotopic (exact) mass is 322 g/mol. The molecule has 0 aromatic carbocycles. The van der Waals surface area contributed by atoms with Crippen LogP contribution in [0.1, 0.15) is 31.4 Å². The normalized spacial score (nSPS) is 26.8. The standard InChI is InChI=1S/C14H18N4O3S/c1-21-18-12(11-6-22-14(17-11)15-7-19)13(20)16-10-5-8-2-3-9(10)4-8/h6-10H,2-5H2,1H3,(H,16,20)(H,15,17,19)/b18-12+/t8-,9+,10+/m0/s1. The van der Waals surface area contributed by atoms with E-state index < -0.39 is 0 Å². The summed E-state index contributed by atoms with van der Waals surface area (Å²) in [5, 5.41) is 11.4. The van der Waals surface area contributed by atoms with Crippen molar-refractivity contribution < 1.29 is 14.4 Å². The van der Waals surface area contributed by atoms with Crippen molar-refractivity contribution >= 4 is 34.5 Å². The molecule has 2 aliphatic carbocycles. The van der Waals surface area contributed by atoms with Crippen molar-refractivity contribution in [2.24, 2.45) is 17.0 Å². The molecule has 22 heavy (non-hydrogen) atoms. The quantitative estimate of drug-likeness (QED) is 0.470. The number of amides is 2. The van der Waals surface area contributed by atoms with Crippen molar-refractivity contribution in [3.8, 4) is 0 Å². The van der Waals surface area contributed by atoms with Crippen molar-refractivity contribution in [1.29, 1.82) is 0 Å². The number of aromatic nitrogens is 1. The average molecular weight is 322 g/mol. The number of nitrogens with one attached hydrogen (secondary N) is 2. The third-order valence-corrected chi connectivity index (χ3v) is 5.15. The van der Waals surface area contributed by atoms with Crippen LogP contribution >= 0.6 is 11.3 Å². The molecule has 0 unspecified atom stereocenters. The number of hydrogen-bond acceptors (Lipinski definition) is 6. The molecular weight excluding hydrogens is 304 g/mol.